The number of amides is 2. The molecule has 3 aromatic rings. The molecule has 6 nitrogen and oxygen atoms in total. The van der Waals surface area contributed by atoms with E-state index in [0.717, 1.165) is 23.1 Å². The lowest BCUT2D eigenvalue weighted by Crippen LogP contribution is -2.23. The third kappa shape index (κ3) is 3.39. The van der Waals surface area contributed by atoms with Crippen molar-refractivity contribution >= 4 is 39.1 Å². The van der Waals surface area contributed by atoms with Gasteiger partial charge in [-0.2, -0.15) is 0 Å². The van der Waals surface area contributed by atoms with Crippen LogP contribution in [-0.2, 0) is 11.8 Å². The molecule has 0 saturated heterocycles. The molecule has 1 aromatic heterocycles. The molecular weight excluding hydrogens is 348 g/mol. The first-order chi connectivity index (χ1) is 12.6. The highest BCUT2D eigenvalue weighted by Crippen LogP contribution is 2.30. The lowest BCUT2D eigenvalue weighted by molar-refractivity contribution is -0.117. The number of hydrogen-bond acceptors (Lipinski definition) is 4. The number of benzene rings is 2. The Morgan fingerprint density at radius 3 is 2.54 bits per heavy atom. The quantitative estimate of drug-likeness (QED) is 0.697. The zero-order valence-corrected chi connectivity index (χ0v) is 15.0. The van der Waals surface area contributed by atoms with E-state index < -0.39 is 0 Å². The molecule has 0 radical (unpaired) electrons. The molecule has 1 heterocycles. The monoisotopic (exact) mass is 366 g/mol. The second-order valence-corrected chi connectivity index (χ2v) is 7.31. The molecule has 4 rings (SSSR count). The molecule has 0 aliphatic heterocycles. The minimum absolute atomic E-state index is 0.0504. The predicted octanol–water partition coefficient (Wildman–Crippen LogP) is 2.83. The Morgan fingerprint density at radius 1 is 1.12 bits per heavy atom. The molecular formula is C19H18N4O2S. The van der Waals surface area contributed by atoms with Crippen molar-refractivity contribution in [2.75, 3.05) is 5.32 Å². The van der Waals surface area contributed by atoms with Crippen LogP contribution in [0.1, 0.15) is 23.2 Å². The second kappa shape index (κ2) is 6.76. The fourth-order valence-corrected chi connectivity index (χ4v) is 3.63. The number of hydrogen-bond donors (Lipinski definition) is 2. The van der Waals surface area contributed by atoms with Crippen LogP contribution < -0.4 is 15.5 Å². The summed E-state index contributed by atoms with van der Waals surface area (Å²) in [5.41, 5.74) is 4.85. The van der Waals surface area contributed by atoms with E-state index in [0.29, 0.717) is 16.1 Å². The summed E-state index contributed by atoms with van der Waals surface area (Å²) in [6, 6.07) is 14.8. The van der Waals surface area contributed by atoms with Gasteiger partial charge in [0.05, 0.1) is 10.2 Å². The minimum atomic E-state index is -0.289. The van der Waals surface area contributed by atoms with E-state index in [1.54, 1.807) is 24.3 Å². The Hall–Kier alpha value is -2.93. The zero-order chi connectivity index (χ0) is 18.1. The highest BCUT2D eigenvalue weighted by Gasteiger charge is 2.29. The maximum absolute atomic E-state index is 12.3. The first-order valence-electron chi connectivity index (χ1n) is 8.41. The molecule has 0 unspecified atom stereocenters. The molecule has 2 aromatic carbocycles. The number of carbonyl (C=O) groups is 2. The molecule has 1 saturated carbocycles. The van der Waals surface area contributed by atoms with Crippen molar-refractivity contribution in [3.8, 4) is 0 Å². The van der Waals surface area contributed by atoms with Crippen LogP contribution in [0.5, 0.6) is 0 Å². The highest BCUT2D eigenvalue weighted by atomic mass is 32.1. The van der Waals surface area contributed by atoms with Gasteiger partial charge in [0, 0.05) is 24.2 Å². The van der Waals surface area contributed by atoms with Crippen LogP contribution in [0.4, 0.5) is 5.69 Å². The summed E-state index contributed by atoms with van der Waals surface area (Å²) in [7, 11) is 1.92. The second-order valence-electron chi connectivity index (χ2n) is 6.30. The van der Waals surface area contributed by atoms with Crippen LogP contribution in [0.2, 0.25) is 0 Å². The van der Waals surface area contributed by atoms with Crippen molar-refractivity contribution in [2.45, 2.75) is 12.8 Å². The maximum atomic E-state index is 12.3. The zero-order valence-electron chi connectivity index (χ0n) is 14.2. The molecule has 2 N–H and O–H groups in total. The summed E-state index contributed by atoms with van der Waals surface area (Å²) in [6.45, 7) is 0. The summed E-state index contributed by atoms with van der Waals surface area (Å²) >= 11 is 1.51. The average Bonchev–Trinajstić information content (AvgIpc) is 3.46. The van der Waals surface area contributed by atoms with Crippen LogP contribution in [0, 0.1) is 5.92 Å². The topological polar surface area (TPSA) is 75.5 Å². The van der Waals surface area contributed by atoms with Gasteiger partial charge in [-0.15, -0.1) is 5.10 Å². The fraction of sp³-hybridized carbons (Fsp3) is 0.211. The molecule has 0 atom stereocenters. The van der Waals surface area contributed by atoms with Crippen LogP contribution in [0.3, 0.4) is 0 Å². The largest absolute Gasteiger partial charge is 0.326 e. The number of para-hydroxylation sites is 1. The van der Waals surface area contributed by atoms with Gasteiger partial charge in [0.15, 0.2) is 0 Å². The Kier molecular flexibility index (Phi) is 4.30. The number of anilines is 1. The van der Waals surface area contributed by atoms with Gasteiger partial charge in [0.2, 0.25) is 10.7 Å². The molecule has 0 spiro atoms. The van der Waals surface area contributed by atoms with Gasteiger partial charge in [-0.05, 0) is 49.2 Å². The van der Waals surface area contributed by atoms with Crippen LogP contribution >= 0.6 is 11.3 Å². The standard InChI is InChI=1S/C19H18N4O2S/c1-23-15-4-2-3-5-16(15)26-19(23)22-21-18(25)13-8-10-14(11-9-13)20-17(24)12-6-7-12/h2-5,8-12H,6-7H2,1H3,(H,20,24)(H,21,25). The summed E-state index contributed by atoms with van der Waals surface area (Å²) in [4.78, 5) is 24.8. The van der Waals surface area contributed by atoms with E-state index in [9.17, 15) is 9.59 Å². The molecule has 2 amide bonds. The average molecular weight is 366 g/mol. The van der Waals surface area contributed by atoms with E-state index >= 15 is 0 Å². The fourth-order valence-electron chi connectivity index (χ4n) is 2.65. The van der Waals surface area contributed by atoms with E-state index in [4.69, 9.17) is 0 Å². The van der Waals surface area contributed by atoms with Crippen LogP contribution in [0.25, 0.3) is 10.2 Å². The van der Waals surface area contributed by atoms with Crippen molar-refractivity contribution in [3.63, 3.8) is 0 Å². The lowest BCUT2D eigenvalue weighted by atomic mass is 10.2. The number of carbonyl (C=O) groups excluding carboxylic acids is 2. The molecule has 1 fully saturated rings. The normalized spacial score (nSPS) is 14.4. The third-order valence-electron chi connectivity index (χ3n) is 4.33. The molecule has 7 heteroatoms. The van der Waals surface area contributed by atoms with Crippen molar-refractivity contribution in [1.82, 2.24) is 9.99 Å². The Bertz CT molecular complexity index is 1050. The van der Waals surface area contributed by atoms with Gasteiger partial charge in [0.25, 0.3) is 5.91 Å². The van der Waals surface area contributed by atoms with E-state index in [-0.39, 0.29) is 17.7 Å². The number of nitrogens with one attached hydrogen (secondary N) is 2. The smallest absolute Gasteiger partial charge is 0.271 e. The van der Waals surface area contributed by atoms with E-state index in [1.807, 2.05) is 35.9 Å². The molecule has 1 aliphatic carbocycles. The maximum Gasteiger partial charge on any atom is 0.271 e. The van der Waals surface area contributed by atoms with Crippen molar-refractivity contribution < 1.29 is 9.59 Å². The number of aryl methyl sites for hydroxylation is 1. The summed E-state index contributed by atoms with van der Waals surface area (Å²) in [6.07, 6.45) is 1.92. The number of aromatic nitrogens is 1. The Balaban J connectivity index is 1.47. The van der Waals surface area contributed by atoms with Gasteiger partial charge in [-0.25, -0.2) is 5.43 Å². The predicted molar refractivity (Wildman–Crippen MR) is 102 cm³/mol. The first-order valence-corrected chi connectivity index (χ1v) is 9.23. The van der Waals surface area contributed by atoms with Gasteiger partial charge >= 0.3 is 0 Å². The first kappa shape index (κ1) is 16.5. The van der Waals surface area contributed by atoms with Crippen molar-refractivity contribution in [3.05, 3.63) is 58.9 Å². The number of nitrogens with zero attached hydrogens (tertiary/aromatic N) is 2. The van der Waals surface area contributed by atoms with Crippen LogP contribution in [-0.4, -0.2) is 16.4 Å². The molecule has 1 aliphatic rings. The summed E-state index contributed by atoms with van der Waals surface area (Å²) < 4.78 is 3.05. The van der Waals surface area contributed by atoms with Gasteiger partial charge < -0.3 is 9.88 Å². The lowest BCUT2D eigenvalue weighted by Gasteiger charge is -2.05. The summed E-state index contributed by atoms with van der Waals surface area (Å²) in [5, 5.41) is 7.09. The molecule has 26 heavy (non-hydrogen) atoms. The molecule has 0 bridgehead atoms. The molecule has 132 valence electrons. The van der Waals surface area contributed by atoms with E-state index in [1.165, 1.54) is 11.3 Å². The van der Waals surface area contributed by atoms with Crippen LogP contribution in [0.15, 0.2) is 53.6 Å². The summed E-state index contributed by atoms with van der Waals surface area (Å²) in [5.74, 6) is -0.0872. The van der Waals surface area contributed by atoms with Gasteiger partial charge in [-0.1, -0.05) is 23.5 Å². The number of rotatable bonds is 4. The SMILES string of the molecule is Cn1c(=NNC(=O)c2ccc(NC(=O)C3CC3)cc2)sc2ccccc21. The van der Waals surface area contributed by atoms with Gasteiger partial charge in [-0.3, -0.25) is 9.59 Å². The number of thiazole rings is 1. The van der Waals surface area contributed by atoms with E-state index in [2.05, 4.69) is 15.8 Å². The third-order valence-corrected chi connectivity index (χ3v) is 5.44. The highest BCUT2D eigenvalue weighted by molar-refractivity contribution is 7.16. The van der Waals surface area contributed by atoms with Crippen molar-refractivity contribution in [2.24, 2.45) is 18.1 Å². The number of fused-ring (bicyclic) bond motifs is 1. The van der Waals surface area contributed by atoms with Crippen molar-refractivity contribution in [1.29, 1.82) is 0 Å². The Morgan fingerprint density at radius 2 is 1.85 bits per heavy atom. The Labute approximate surface area is 154 Å². The minimum Gasteiger partial charge on any atom is -0.326 e. The van der Waals surface area contributed by atoms with Gasteiger partial charge in [0.1, 0.15) is 0 Å².